The number of hydrogen-bond donors (Lipinski definition) is 1. The molecule has 2 heterocycles. The van der Waals surface area contributed by atoms with Crippen LogP contribution in [-0.4, -0.2) is 38.5 Å². The summed E-state index contributed by atoms with van der Waals surface area (Å²) in [6.07, 6.45) is 10.2. The summed E-state index contributed by atoms with van der Waals surface area (Å²) in [6, 6.07) is 0.111. The third-order valence-corrected chi connectivity index (χ3v) is 3.40. The van der Waals surface area contributed by atoms with Crippen molar-refractivity contribution >= 4 is 11.8 Å². The molecular weight excluding hydrogens is 254 g/mol. The van der Waals surface area contributed by atoms with Crippen molar-refractivity contribution in [3.8, 4) is 0 Å². The second kappa shape index (κ2) is 7.07. The van der Waals surface area contributed by atoms with Crippen molar-refractivity contribution in [1.82, 2.24) is 19.9 Å². The van der Waals surface area contributed by atoms with Crippen molar-refractivity contribution < 1.29 is 4.79 Å². The smallest absolute Gasteiger partial charge is 0.314 e. The highest BCUT2D eigenvalue weighted by Gasteiger charge is 2.24. The summed E-state index contributed by atoms with van der Waals surface area (Å²) in [5.74, 6) is 0.518. The topological polar surface area (TPSA) is 63.1 Å². The lowest BCUT2D eigenvalue weighted by Crippen LogP contribution is -2.39. The molecule has 0 bridgehead atoms. The highest BCUT2D eigenvalue weighted by atomic mass is 16.2. The molecule has 1 unspecified atom stereocenters. The molecule has 2 rings (SSSR count). The summed E-state index contributed by atoms with van der Waals surface area (Å²) in [6.45, 7) is 5.72. The van der Waals surface area contributed by atoms with Gasteiger partial charge in [0.25, 0.3) is 0 Å². The van der Waals surface area contributed by atoms with E-state index in [-0.39, 0.29) is 12.1 Å². The summed E-state index contributed by atoms with van der Waals surface area (Å²) in [7, 11) is 0. The molecule has 0 saturated carbocycles. The minimum Gasteiger partial charge on any atom is -0.314 e. The molecule has 0 radical (unpaired) electrons. The van der Waals surface area contributed by atoms with E-state index in [1.54, 1.807) is 10.9 Å². The molecule has 1 aliphatic heterocycles. The van der Waals surface area contributed by atoms with E-state index in [4.69, 9.17) is 0 Å². The zero-order valence-corrected chi connectivity index (χ0v) is 12.2. The molecule has 0 aliphatic carbocycles. The molecule has 20 heavy (non-hydrogen) atoms. The maximum Gasteiger partial charge on any atom is 0.323 e. The van der Waals surface area contributed by atoms with Crippen LogP contribution in [0.1, 0.15) is 39.5 Å². The zero-order chi connectivity index (χ0) is 14.4. The van der Waals surface area contributed by atoms with Crippen LogP contribution in [0.25, 0.3) is 0 Å². The largest absolute Gasteiger partial charge is 0.323 e. The first-order valence-corrected chi connectivity index (χ1v) is 7.39. The van der Waals surface area contributed by atoms with Crippen molar-refractivity contribution in [2.24, 2.45) is 0 Å². The maximum absolute atomic E-state index is 12.3. The van der Waals surface area contributed by atoms with E-state index in [1.165, 1.54) is 0 Å². The minimum absolute atomic E-state index is 0.0975. The number of aryl methyl sites for hydroxylation is 1. The molecule has 1 aromatic rings. The van der Waals surface area contributed by atoms with Crippen LogP contribution in [0.3, 0.4) is 0 Å². The van der Waals surface area contributed by atoms with Gasteiger partial charge in [-0.2, -0.15) is 0 Å². The van der Waals surface area contributed by atoms with Gasteiger partial charge in [-0.15, -0.1) is 5.10 Å². The van der Waals surface area contributed by atoms with Gasteiger partial charge < -0.3 is 4.90 Å². The lowest BCUT2D eigenvalue weighted by molar-refractivity contribution is 0.208. The van der Waals surface area contributed by atoms with E-state index in [9.17, 15) is 4.79 Å². The number of carbonyl (C=O) groups excluding carboxylic acids is 1. The Hall–Kier alpha value is -1.85. The SMILES string of the molecule is CCCCC1C=CCN1C(=O)Nc1cn(CCC)nn1. The highest BCUT2D eigenvalue weighted by Crippen LogP contribution is 2.17. The average Bonchev–Trinajstić information content (AvgIpc) is 3.06. The van der Waals surface area contributed by atoms with Gasteiger partial charge in [-0.05, 0) is 12.8 Å². The Morgan fingerprint density at radius 3 is 3.05 bits per heavy atom. The van der Waals surface area contributed by atoms with Crippen LogP contribution < -0.4 is 5.32 Å². The van der Waals surface area contributed by atoms with Gasteiger partial charge in [-0.1, -0.05) is 44.1 Å². The molecular formula is C14H23N5O. The summed E-state index contributed by atoms with van der Waals surface area (Å²) in [5, 5.41) is 10.8. The average molecular weight is 277 g/mol. The fourth-order valence-corrected chi connectivity index (χ4v) is 2.35. The Morgan fingerprint density at radius 1 is 1.45 bits per heavy atom. The van der Waals surface area contributed by atoms with Crippen molar-refractivity contribution in [2.75, 3.05) is 11.9 Å². The number of nitrogens with one attached hydrogen (secondary N) is 1. The second-order valence-corrected chi connectivity index (χ2v) is 5.09. The van der Waals surface area contributed by atoms with Crippen LogP contribution >= 0.6 is 0 Å². The number of carbonyl (C=O) groups is 1. The number of anilines is 1. The lowest BCUT2D eigenvalue weighted by Gasteiger charge is -2.24. The maximum atomic E-state index is 12.3. The Balaban J connectivity index is 1.90. The fourth-order valence-electron chi connectivity index (χ4n) is 2.35. The van der Waals surface area contributed by atoms with Crippen LogP contribution in [-0.2, 0) is 6.54 Å². The van der Waals surface area contributed by atoms with Crippen molar-refractivity contribution in [2.45, 2.75) is 52.1 Å². The van der Waals surface area contributed by atoms with Crippen LogP contribution in [0, 0.1) is 0 Å². The predicted molar refractivity (Wildman–Crippen MR) is 78.5 cm³/mol. The van der Waals surface area contributed by atoms with E-state index < -0.39 is 0 Å². The number of nitrogens with zero attached hydrogens (tertiary/aromatic N) is 4. The zero-order valence-electron chi connectivity index (χ0n) is 12.2. The monoisotopic (exact) mass is 277 g/mol. The number of aromatic nitrogens is 3. The van der Waals surface area contributed by atoms with Crippen LogP contribution in [0.2, 0.25) is 0 Å². The molecule has 1 N–H and O–H groups in total. The molecule has 1 atom stereocenters. The predicted octanol–water partition coefficient (Wildman–Crippen LogP) is 2.65. The van der Waals surface area contributed by atoms with Gasteiger partial charge in [0.1, 0.15) is 0 Å². The van der Waals surface area contributed by atoms with Crippen molar-refractivity contribution in [1.29, 1.82) is 0 Å². The first kappa shape index (κ1) is 14.6. The standard InChI is InChI=1S/C14H23N5O/c1-3-5-7-12-8-6-10-19(12)14(20)15-13-11-18(9-4-2)17-16-13/h6,8,11-12H,3-5,7,9-10H2,1-2H3,(H,15,20). The van der Waals surface area contributed by atoms with Gasteiger partial charge in [0.15, 0.2) is 5.82 Å². The summed E-state index contributed by atoms with van der Waals surface area (Å²) in [5.41, 5.74) is 0. The van der Waals surface area contributed by atoms with Crippen molar-refractivity contribution in [3.05, 3.63) is 18.3 Å². The molecule has 1 aromatic heterocycles. The van der Waals surface area contributed by atoms with Crippen LogP contribution in [0.5, 0.6) is 0 Å². The number of urea groups is 1. The Bertz CT molecular complexity index is 468. The van der Waals surface area contributed by atoms with E-state index in [1.807, 2.05) is 11.0 Å². The Labute approximate surface area is 119 Å². The molecule has 2 amide bonds. The minimum atomic E-state index is -0.0975. The molecule has 6 heteroatoms. The summed E-state index contributed by atoms with van der Waals surface area (Å²) >= 11 is 0. The molecule has 0 saturated heterocycles. The Morgan fingerprint density at radius 2 is 2.30 bits per heavy atom. The van der Waals surface area contributed by atoms with Crippen LogP contribution in [0.15, 0.2) is 18.3 Å². The molecule has 0 aromatic carbocycles. The summed E-state index contributed by atoms with van der Waals surface area (Å²) < 4.78 is 1.74. The molecule has 0 fully saturated rings. The summed E-state index contributed by atoms with van der Waals surface area (Å²) in [4.78, 5) is 14.1. The van der Waals surface area contributed by atoms with E-state index in [0.29, 0.717) is 12.4 Å². The highest BCUT2D eigenvalue weighted by molar-refractivity contribution is 5.88. The third kappa shape index (κ3) is 3.59. The molecule has 110 valence electrons. The molecule has 6 nitrogen and oxygen atoms in total. The third-order valence-electron chi connectivity index (χ3n) is 3.40. The first-order valence-electron chi connectivity index (χ1n) is 7.39. The first-order chi connectivity index (χ1) is 9.74. The van der Waals surface area contributed by atoms with Gasteiger partial charge in [0.2, 0.25) is 0 Å². The lowest BCUT2D eigenvalue weighted by atomic mass is 10.1. The van der Waals surface area contributed by atoms with Gasteiger partial charge >= 0.3 is 6.03 Å². The van der Waals surface area contributed by atoms with E-state index in [0.717, 1.165) is 32.2 Å². The Kier molecular flexibility index (Phi) is 5.15. The van der Waals surface area contributed by atoms with E-state index in [2.05, 4.69) is 35.6 Å². The number of hydrogen-bond acceptors (Lipinski definition) is 3. The number of amides is 2. The van der Waals surface area contributed by atoms with Gasteiger partial charge in [-0.25, -0.2) is 4.79 Å². The van der Waals surface area contributed by atoms with Crippen molar-refractivity contribution in [3.63, 3.8) is 0 Å². The second-order valence-electron chi connectivity index (χ2n) is 5.09. The fraction of sp³-hybridized carbons (Fsp3) is 0.643. The van der Waals surface area contributed by atoms with Gasteiger partial charge in [0, 0.05) is 13.1 Å². The van der Waals surface area contributed by atoms with Gasteiger partial charge in [0.05, 0.1) is 12.2 Å². The quantitative estimate of drug-likeness (QED) is 0.813. The number of unbranched alkanes of at least 4 members (excludes halogenated alkanes) is 1. The molecule has 0 spiro atoms. The molecule has 1 aliphatic rings. The normalized spacial score (nSPS) is 17.7. The van der Waals surface area contributed by atoms with Crippen LogP contribution in [0.4, 0.5) is 10.6 Å². The van der Waals surface area contributed by atoms with E-state index >= 15 is 0 Å². The number of rotatable bonds is 6. The van der Waals surface area contributed by atoms with Gasteiger partial charge in [-0.3, -0.25) is 10.00 Å².